The van der Waals surface area contributed by atoms with Crippen LogP contribution in [-0.2, 0) is 19.5 Å². The highest BCUT2D eigenvalue weighted by Crippen LogP contribution is 2.05. The van der Waals surface area contributed by atoms with Crippen molar-refractivity contribution in [3.63, 3.8) is 0 Å². The zero-order chi connectivity index (χ0) is 13.7. The molecule has 0 aliphatic carbocycles. The Kier molecular flexibility index (Phi) is 4.68. The molecule has 2 heterocycles. The van der Waals surface area contributed by atoms with Gasteiger partial charge in [-0.2, -0.15) is 10.2 Å². The summed E-state index contributed by atoms with van der Waals surface area (Å²) in [5.41, 5.74) is 7.13. The highest BCUT2D eigenvalue weighted by atomic mass is 15.4. The summed E-state index contributed by atoms with van der Waals surface area (Å²) in [6, 6.07) is 0.210. The molecule has 2 rings (SSSR count). The molecule has 19 heavy (non-hydrogen) atoms. The number of nitrogens with two attached hydrogens (primary N) is 1. The first-order valence-corrected chi connectivity index (χ1v) is 6.86. The van der Waals surface area contributed by atoms with Crippen molar-refractivity contribution in [2.24, 2.45) is 5.73 Å². The zero-order valence-electron chi connectivity index (χ0n) is 11.7. The minimum absolute atomic E-state index is 0.210. The summed E-state index contributed by atoms with van der Waals surface area (Å²) in [6.07, 6.45) is 8.43. The third kappa shape index (κ3) is 3.64. The SMILES string of the molecule is CCCn1ncnc1Cn1cc(CC(N)CC)cn1. The Morgan fingerprint density at radius 1 is 1.32 bits per heavy atom. The second-order valence-electron chi connectivity index (χ2n) is 4.82. The lowest BCUT2D eigenvalue weighted by molar-refractivity contribution is 0.539. The van der Waals surface area contributed by atoms with Crippen molar-refractivity contribution in [1.29, 1.82) is 0 Å². The van der Waals surface area contributed by atoms with Crippen molar-refractivity contribution in [2.45, 2.75) is 52.2 Å². The van der Waals surface area contributed by atoms with E-state index in [0.717, 1.165) is 31.6 Å². The van der Waals surface area contributed by atoms with Crippen LogP contribution < -0.4 is 5.73 Å². The summed E-state index contributed by atoms with van der Waals surface area (Å²) in [4.78, 5) is 4.28. The van der Waals surface area contributed by atoms with Crippen molar-refractivity contribution in [2.75, 3.05) is 0 Å². The Labute approximate surface area is 113 Å². The minimum Gasteiger partial charge on any atom is -0.327 e. The molecular formula is C13H22N6. The summed E-state index contributed by atoms with van der Waals surface area (Å²) >= 11 is 0. The predicted octanol–water partition coefficient (Wildman–Crippen LogP) is 1.21. The molecule has 0 spiro atoms. The smallest absolute Gasteiger partial charge is 0.148 e. The number of hydrogen-bond acceptors (Lipinski definition) is 4. The average molecular weight is 262 g/mol. The summed E-state index contributed by atoms with van der Waals surface area (Å²) in [7, 11) is 0. The van der Waals surface area contributed by atoms with Crippen LogP contribution in [0.5, 0.6) is 0 Å². The highest BCUT2D eigenvalue weighted by molar-refractivity contribution is 5.06. The summed E-state index contributed by atoms with van der Waals surface area (Å²) < 4.78 is 3.83. The monoisotopic (exact) mass is 262 g/mol. The van der Waals surface area contributed by atoms with E-state index in [-0.39, 0.29) is 6.04 Å². The molecular weight excluding hydrogens is 240 g/mol. The molecule has 0 aliphatic heterocycles. The summed E-state index contributed by atoms with van der Waals surface area (Å²) in [5.74, 6) is 0.941. The van der Waals surface area contributed by atoms with Crippen LogP contribution in [-0.4, -0.2) is 30.6 Å². The molecule has 1 atom stereocenters. The van der Waals surface area contributed by atoms with Gasteiger partial charge in [-0.25, -0.2) is 9.67 Å². The molecule has 1 unspecified atom stereocenters. The Hall–Kier alpha value is -1.69. The van der Waals surface area contributed by atoms with E-state index in [9.17, 15) is 0 Å². The largest absolute Gasteiger partial charge is 0.327 e. The number of aryl methyl sites for hydroxylation is 1. The lowest BCUT2D eigenvalue weighted by atomic mass is 10.1. The fraction of sp³-hybridized carbons (Fsp3) is 0.615. The fourth-order valence-corrected chi connectivity index (χ4v) is 2.00. The van der Waals surface area contributed by atoms with Gasteiger partial charge in [-0.15, -0.1) is 0 Å². The van der Waals surface area contributed by atoms with Crippen molar-refractivity contribution < 1.29 is 0 Å². The van der Waals surface area contributed by atoms with Crippen LogP contribution in [0.2, 0.25) is 0 Å². The van der Waals surface area contributed by atoms with Gasteiger partial charge in [0.05, 0.1) is 6.20 Å². The lowest BCUT2D eigenvalue weighted by Crippen LogP contribution is -2.21. The van der Waals surface area contributed by atoms with E-state index in [2.05, 4.69) is 29.0 Å². The van der Waals surface area contributed by atoms with E-state index in [1.165, 1.54) is 5.56 Å². The highest BCUT2D eigenvalue weighted by Gasteiger charge is 2.07. The van der Waals surface area contributed by atoms with Crippen LogP contribution in [0.4, 0.5) is 0 Å². The molecule has 6 heteroatoms. The molecule has 0 aliphatic rings. The third-order valence-corrected chi connectivity index (χ3v) is 3.14. The van der Waals surface area contributed by atoms with Crippen molar-refractivity contribution >= 4 is 0 Å². The van der Waals surface area contributed by atoms with Gasteiger partial charge in [-0.1, -0.05) is 13.8 Å². The maximum atomic E-state index is 5.95. The van der Waals surface area contributed by atoms with Crippen LogP contribution in [0.25, 0.3) is 0 Å². The van der Waals surface area contributed by atoms with Crippen molar-refractivity contribution in [3.8, 4) is 0 Å². The maximum absolute atomic E-state index is 5.95. The van der Waals surface area contributed by atoms with Crippen molar-refractivity contribution in [1.82, 2.24) is 24.5 Å². The molecule has 2 aromatic heterocycles. The molecule has 104 valence electrons. The van der Waals surface area contributed by atoms with Crippen LogP contribution >= 0.6 is 0 Å². The van der Waals surface area contributed by atoms with Crippen LogP contribution in [0.3, 0.4) is 0 Å². The van der Waals surface area contributed by atoms with E-state index in [1.54, 1.807) is 6.33 Å². The lowest BCUT2D eigenvalue weighted by Gasteiger charge is -2.06. The molecule has 6 nitrogen and oxygen atoms in total. The maximum Gasteiger partial charge on any atom is 0.148 e. The molecule has 0 aromatic carbocycles. The van der Waals surface area contributed by atoms with Gasteiger partial charge in [0.25, 0.3) is 0 Å². The van der Waals surface area contributed by atoms with Gasteiger partial charge in [0.1, 0.15) is 18.7 Å². The topological polar surface area (TPSA) is 74.5 Å². The second-order valence-corrected chi connectivity index (χ2v) is 4.82. The second kappa shape index (κ2) is 6.47. The Balaban J connectivity index is 2.01. The van der Waals surface area contributed by atoms with Crippen LogP contribution in [0.15, 0.2) is 18.7 Å². The standard InChI is InChI=1S/C13H22N6/c1-3-5-19-13(15-10-17-19)9-18-8-11(7-16-18)6-12(14)4-2/h7-8,10,12H,3-6,9,14H2,1-2H3. The summed E-state index contributed by atoms with van der Waals surface area (Å²) in [5, 5.41) is 8.57. The van der Waals surface area contributed by atoms with Gasteiger partial charge in [0.15, 0.2) is 0 Å². The first-order valence-electron chi connectivity index (χ1n) is 6.86. The van der Waals surface area contributed by atoms with Crippen LogP contribution in [0.1, 0.15) is 38.1 Å². The molecule has 2 N–H and O–H groups in total. The van der Waals surface area contributed by atoms with E-state index in [1.807, 2.05) is 21.8 Å². The number of aromatic nitrogens is 5. The molecule has 0 saturated carbocycles. The Bertz CT molecular complexity index is 501. The number of nitrogens with zero attached hydrogens (tertiary/aromatic N) is 5. The van der Waals surface area contributed by atoms with E-state index >= 15 is 0 Å². The first-order chi connectivity index (χ1) is 9.22. The van der Waals surface area contributed by atoms with Crippen molar-refractivity contribution in [3.05, 3.63) is 30.1 Å². The molecule has 0 saturated heterocycles. The third-order valence-electron chi connectivity index (χ3n) is 3.14. The Morgan fingerprint density at radius 3 is 2.89 bits per heavy atom. The number of rotatable bonds is 7. The van der Waals surface area contributed by atoms with Gasteiger partial charge in [-0.3, -0.25) is 4.68 Å². The first kappa shape index (κ1) is 13.7. The predicted molar refractivity (Wildman–Crippen MR) is 73.6 cm³/mol. The molecule has 2 aromatic rings. The average Bonchev–Trinajstić information content (AvgIpc) is 3.01. The summed E-state index contributed by atoms with van der Waals surface area (Å²) in [6.45, 7) is 5.78. The van der Waals surface area contributed by atoms with Gasteiger partial charge in [-0.05, 0) is 24.8 Å². The quantitative estimate of drug-likeness (QED) is 0.814. The molecule has 0 bridgehead atoms. The van der Waals surface area contributed by atoms with Gasteiger partial charge >= 0.3 is 0 Å². The molecule has 0 fully saturated rings. The van der Waals surface area contributed by atoms with E-state index in [4.69, 9.17) is 5.73 Å². The van der Waals surface area contributed by atoms with E-state index < -0.39 is 0 Å². The minimum atomic E-state index is 0.210. The molecule has 0 amide bonds. The van der Waals surface area contributed by atoms with E-state index in [0.29, 0.717) is 6.54 Å². The van der Waals surface area contributed by atoms with Gasteiger partial charge < -0.3 is 5.73 Å². The van der Waals surface area contributed by atoms with Gasteiger partial charge in [0, 0.05) is 18.8 Å². The normalized spacial score (nSPS) is 12.8. The number of hydrogen-bond donors (Lipinski definition) is 1. The Morgan fingerprint density at radius 2 is 2.16 bits per heavy atom. The zero-order valence-corrected chi connectivity index (χ0v) is 11.7. The van der Waals surface area contributed by atoms with Crippen LogP contribution in [0, 0.1) is 0 Å². The fourth-order valence-electron chi connectivity index (χ4n) is 2.00. The van der Waals surface area contributed by atoms with Gasteiger partial charge in [0.2, 0.25) is 0 Å². The molecule has 0 radical (unpaired) electrons.